The fourth-order valence-electron chi connectivity index (χ4n) is 2.37. The number of benzene rings is 1. The van der Waals surface area contributed by atoms with Crippen molar-refractivity contribution < 1.29 is 9.47 Å². The van der Waals surface area contributed by atoms with Crippen LogP contribution in [0.5, 0.6) is 11.5 Å². The summed E-state index contributed by atoms with van der Waals surface area (Å²) < 4.78 is 11.3. The number of ether oxygens (including phenoxy) is 2. The molecule has 7 heteroatoms. The first kappa shape index (κ1) is 12.0. The van der Waals surface area contributed by atoms with Crippen molar-refractivity contribution in [2.45, 2.75) is 6.42 Å². The lowest BCUT2D eigenvalue weighted by molar-refractivity contribution is 0.297. The number of hydrogen-bond acceptors (Lipinski definition) is 6. The molecule has 3 N–H and O–H groups in total. The second kappa shape index (κ2) is 4.62. The van der Waals surface area contributed by atoms with Gasteiger partial charge in [-0.25, -0.2) is 9.97 Å². The van der Waals surface area contributed by atoms with Crippen LogP contribution in [0.25, 0.3) is 22.4 Å². The lowest BCUT2D eigenvalue weighted by atomic mass is 10.1. The van der Waals surface area contributed by atoms with Gasteiger partial charge in [-0.1, -0.05) is 0 Å². The van der Waals surface area contributed by atoms with E-state index in [-0.39, 0.29) is 5.95 Å². The summed E-state index contributed by atoms with van der Waals surface area (Å²) in [5, 5.41) is 0. The molecule has 0 saturated carbocycles. The zero-order valence-electron chi connectivity index (χ0n) is 11.2. The van der Waals surface area contributed by atoms with Gasteiger partial charge in [0.05, 0.1) is 19.5 Å². The maximum atomic E-state index is 5.75. The highest BCUT2D eigenvalue weighted by Gasteiger charge is 2.15. The number of nitrogens with two attached hydrogens (primary N) is 1. The Bertz CT molecular complexity index is 814. The first-order chi connectivity index (χ1) is 10.3. The van der Waals surface area contributed by atoms with E-state index in [9.17, 15) is 0 Å². The Morgan fingerprint density at radius 2 is 1.95 bits per heavy atom. The molecule has 3 heterocycles. The SMILES string of the molecule is Nc1nc(-c2ccc3c(c2)OCCCO3)c2[nH]cnc2n1. The Morgan fingerprint density at radius 1 is 1.10 bits per heavy atom. The van der Waals surface area contributed by atoms with Crippen molar-refractivity contribution in [3.05, 3.63) is 24.5 Å². The molecule has 0 bridgehead atoms. The minimum Gasteiger partial charge on any atom is -0.490 e. The van der Waals surface area contributed by atoms with Crippen LogP contribution in [-0.2, 0) is 0 Å². The highest BCUT2D eigenvalue weighted by atomic mass is 16.5. The van der Waals surface area contributed by atoms with E-state index in [1.165, 1.54) is 0 Å². The van der Waals surface area contributed by atoms with E-state index in [0.29, 0.717) is 24.6 Å². The normalized spacial score (nSPS) is 14.1. The molecule has 21 heavy (non-hydrogen) atoms. The minimum atomic E-state index is 0.191. The second-order valence-electron chi connectivity index (χ2n) is 4.74. The average Bonchev–Trinajstić information content (AvgIpc) is 2.82. The Labute approximate surface area is 120 Å². The number of aromatic nitrogens is 4. The molecule has 1 aliphatic heterocycles. The summed E-state index contributed by atoms with van der Waals surface area (Å²) in [5.74, 6) is 1.66. The number of hydrogen-bond donors (Lipinski definition) is 2. The van der Waals surface area contributed by atoms with Crippen LogP contribution in [0.4, 0.5) is 5.95 Å². The fraction of sp³-hybridized carbons (Fsp3) is 0.214. The summed E-state index contributed by atoms with van der Waals surface area (Å²) in [4.78, 5) is 15.6. The average molecular weight is 283 g/mol. The zero-order valence-corrected chi connectivity index (χ0v) is 11.2. The third kappa shape index (κ3) is 2.03. The predicted octanol–water partition coefficient (Wildman–Crippen LogP) is 1.76. The summed E-state index contributed by atoms with van der Waals surface area (Å²) in [6.07, 6.45) is 2.45. The molecule has 106 valence electrons. The van der Waals surface area contributed by atoms with Gasteiger partial charge in [-0.2, -0.15) is 4.98 Å². The molecule has 0 spiro atoms. The van der Waals surface area contributed by atoms with Crippen LogP contribution < -0.4 is 15.2 Å². The molecule has 4 rings (SSSR count). The molecule has 3 aromatic rings. The van der Waals surface area contributed by atoms with Crippen LogP contribution in [0, 0.1) is 0 Å². The monoisotopic (exact) mass is 283 g/mol. The van der Waals surface area contributed by atoms with Gasteiger partial charge in [-0.15, -0.1) is 0 Å². The maximum absolute atomic E-state index is 5.75. The number of nitrogens with zero attached hydrogens (tertiary/aromatic N) is 3. The first-order valence-electron chi connectivity index (χ1n) is 6.68. The van der Waals surface area contributed by atoms with Crippen LogP contribution in [-0.4, -0.2) is 33.1 Å². The highest BCUT2D eigenvalue weighted by molar-refractivity contribution is 5.88. The van der Waals surface area contributed by atoms with Gasteiger partial charge in [0.15, 0.2) is 17.1 Å². The number of aromatic amines is 1. The van der Waals surface area contributed by atoms with Gasteiger partial charge in [0.2, 0.25) is 5.95 Å². The smallest absolute Gasteiger partial charge is 0.222 e. The van der Waals surface area contributed by atoms with Crippen molar-refractivity contribution in [3.63, 3.8) is 0 Å². The lowest BCUT2D eigenvalue weighted by Gasteiger charge is -2.09. The van der Waals surface area contributed by atoms with E-state index in [1.54, 1.807) is 6.33 Å². The summed E-state index contributed by atoms with van der Waals surface area (Å²) >= 11 is 0. The summed E-state index contributed by atoms with van der Waals surface area (Å²) in [7, 11) is 0. The number of anilines is 1. The molecule has 1 aromatic carbocycles. The number of imidazole rings is 1. The lowest BCUT2D eigenvalue weighted by Crippen LogP contribution is -1.98. The fourth-order valence-corrected chi connectivity index (χ4v) is 2.37. The molecular formula is C14H13N5O2. The molecule has 0 radical (unpaired) electrons. The largest absolute Gasteiger partial charge is 0.490 e. The number of fused-ring (bicyclic) bond motifs is 2. The topological polar surface area (TPSA) is 98.9 Å². The van der Waals surface area contributed by atoms with Gasteiger partial charge in [-0.05, 0) is 18.2 Å². The first-order valence-corrected chi connectivity index (χ1v) is 6.68. The Balaban J connectivity index is 1.89. The van der Waals surface area contributed by atoms with Crippen molar-refractivity contribution >= 4 is 17.1 Å². The van der Waals surface area contributed by atoms with E-state index >= 15 is 0 Å². The van der Waals surface area contributed by atoms with E-state index < -0.39 is 0 Å². The van der Waals surface area contributed by atoms with E-state index in [2.05, 4.69) is 19.9 Å². The van der Waals surface area contributed by atoms with E-state index in [1.807, 2.05) is 18.2 Å². The van der Waals surface area contributed by atoms with Crippen LogP contribution >= 0.6 is 0 Å². The summed E-state index contributed by atoms with van der Waals surface area (Å²) in [6, 6.07) is 5.72. The molecule has 7 nitrogen and oxygen atoms in total. The van der Waals surface area contributed by atoms with Gasteiger partial charge in [0.1, 0.15) is 11.2 Å². The molecule has 0 fully saturated rings. The Morgan fingerprint density at radius 3 is 2.86 bits per heavy atom. The summed E-state index contributed by atoms with van der Waals surface area (Å²) in [6.45, 7) is 1.30. The highest BCUT2D eigenvalue weighted by Crippen LogP contribution is 2.35. The second-order valence-corrected chi connectivity index (χ2v) is 4.74. The van der Waals surface area contributed by atoms with E-state index in [4.69, 9.17) is 15.2 Å². The van der Waals surface area contributed by atoms with Gasteiger partial charge < -0.3 is 20.2 Å². The molecule has 2 aromatic heterocycles. The zero-order chi connectivity index (χ0) is 14.2. The van der Waals surface area contributed by atoms with Gasteiger partial charge in [0.25, 0.3) is 0 Å². The van der Waals surface area contributed by atoms with Crippen molar-refractivity contribution in [3.8, 4) is 22.8 Å². The molecule has 0 aliphatic carbocycles. The molecule has 0 atom stereocenters. The minimum absolute atomic E-state index is 0.191. The van der Waals surface area contributed by atoms with Crippen LogP contribution in [0.2, 0.25) is 0 Å². The molecule has 1 aliphatic rings. The van der Waals surface area contributed by atoms with Crippen molar-refractivity contribution in [1.29, 1.82) is 0 Å². The van der Waals surface area contributed by atoms with Crippen molar-refractivity contribution in [1.82, 2.24) is 19.9 Å². The van der Waals surface area contributed by atoms with Crippen molar-refractivity contribution in [2.24, 2.45) is 0 Å². The number of H-pyrrole nitrogens is 1. The van der Waals surface area contributed by atoms with Crippen LogP contribution in [0.3, 0.4) is 0 Å². The Kier molecular flexibility index (Phi) is 2.63. The molecule has 0 unspecified atom stereocenters. The molecular weight excluding hydrogens is 270 g/mol. The van der Waals surface area contributed by atoms with Gasteiger partial charge >= 0.3 is 0 Å². The molecule has 0 saturated heterocycles. The number of rotatable bonds is 1. The van der Waals surface area contributed by atoms with Crippen molar-refractivity contribution in [2.75, 3.05) is 18.9 Å². The number of nitrogen functional groups attached to an aromatic ring is 1. The van der Waals surface area contributed by atoms with Gasteiger partial charge in [-0.3, -0.25) is 0 Å². The quantitative estimate of drug-likeness (QED) is 0.706. The van der Waals surface area contributed by atoms with Crippen LogP contribution in [0.15, 0.2) is 24.5 Å². The maximum Gasteiger partial charge on any atom is 0.222 e. The van der Waals surface area contributed by atoms with E-state index in [0.717, 1.165) is 29.0 Å². The third-order valence-corrected chi connectivity index (χ3v) is 3.32. The third-order valence-electron chi connectivity index (χ3n) is 3.32. The number of nitrogens with one attached hydrogen (secondary N) is 1. The Hall–Kier alpha value is -2.83. The molecule has 0 amide bonds. The summed E-state index contributed by atoms with van der Waals surface area (Å²) in [5.41, 5.74) is 8.62. The van der Waals surface area contributed by atoms with Gasteiger partial charge in [0, 0.05) is 12.0 Å². The van der Waals surface area contributed by atoms with Crippen LogP contribution in [0.1, 0.15) is 6.42 Å². The predicted molar refractivity (Wildman–Crippen MR) is 77.1 cm³/mol. The standard InChI is InChI=1S/C14H13N5O2/c15-14-18-11(12-13(19-14)17-7-16-12)8-2-3-9-10(6-8)21-5-1-4-20-9/h2-3,6-7H,1,4-5H2,(H3,15,16,17,18,19).